The largest absolute Gasteiger partial charge is 0.364 e. The van der Waals surface area contributed by atoms with Crippen molar-refractivity contribution in [1.29, 1.82) is 0 Å². The van der Waals surface area contributed by atoms with Crippen LogP contribution >= 0.6 is 0 Å². The Kier molecular flexibility index (Phi) is 5.68. The van der Waals surface area contributed by atoms with Gasteiger partial charge in [0.2, 0.25) is 15.9 Å². The highest BCUT2D eigenvalue weighted by molar-refractivity contribution is 7.88. The molecule has 118 valence electrons. The maximum atomic E-state index is 11.7. The van der Waals surface area contributed by atoms with Crippen LogP contribution in [0.3, 0.4) is 0 Å². The van der Waals surface area contributed by atoms with Gasteiger partial charge in [-0.1, -0.05) is 35.5 Å². The van der Waals surface area contributed by atoms with Crippen LogP contribution in [0, 0.1) is 0 Å². The van der Waals surface area contributed by atoms with Gasteiger partial charge in [0.25, 0.3) is 0 Å². The number of nitrogens with one attached hydrogen (secondary N) is 2. The fourth-order valence-electron chi connectivity index (χ4n) is 1.79. The van der Waals surface area contributed by atoms with Gasteiger partial charge in [0.15, 0.2) is 0 Å². The average molecular weight is 323 g/mol. The quantitative estimate of drug-likeness (QED) is 0.734. The van der Waals surface area contributed by atoms with E-state index < -0.39 is 10.0 Å². The maximum Gasteiger partial charge on any atom is 0.235 e. The van der Waals surface area contributed by atoms with Crippen molar-refractivity contribution in [2.24, 2.45) is 0 Å². The third kappa shape index (κ3) is 5.66. The van der Waals surface area contributed by atoms with Crippen molar-refractivity contribution in [3.63, 3.8) is 0 Å². The number of sulfonamides is 1. The van der Waals surface area contributed by atoms with E-state index in [-0.39, 0.29) is 23.9 Å². The van der Waals surface area contributed by atoms with Crippen molar-refractivity contribution in [2.45, 2.75) is 12.2 Å². The Morgan fingerprint density at radius 2 is 1.95 bits per heavy atom. The van der Waals surface area contributed by atoms with Gasteiger partial charge in [0.1, 0.15) is 12.0 Å². The summed E-state index contributed by atoms with van der Waals surface area (Å²) in [4.78, 5) is 11.6. The van der Waals surface area contributed by atoms with Crippen LogP contribution in [0.25, 0.3) is 0 Å². The van der Waals surface area contributed by atoms with E-state index in [2.05, 4.69) is 19.7 Å². The minimum absolute atomic E-state index is 0.289. The Bertz CT molecular complexity index is 684. The number of aromatic nitrogens is 1. The molecule has 0 radical (unpaired) electrons. The Balaban J connectivity index is 1.69. The molecule has 8 heteroatoms. The highest BCUT2D eigenvalue weighted by atomic mass is 32.2. The summed E-state index contributed by atoms with van der Waals surface area (Å²) in [5, 5.41) is 6.18. The summed E-state index contributed by atoms with van der Waals surface area (Å²) in [6.07, 6.45) is 1.99. The molecule has 0 fully saturated rings. The van der Waals surface area contributed by atoms with E-state index in [0.717, 1.165) is 5.56 Å². The monoisotopic (exact) mass is 323 g/mol. The molecular formula is C14H17N3O4S. The number of benzene rings is 1. The second-order valence-electron chi connectivity index (χ2n) is 4.66. The smallest absolute Gasteiger partial charge is 0.235 e. The third-order valence-corrected chi connectivity index (χ3v) is 4.12. The molecule has 1 aromatic heterocycles. The standard InChI is InChI=1S/C14H17N3O4S/c18-14(15-8-6-12-4-2-1-3-5-12)10-16-22(19,20)11-13-7-9-21-17-13/h1-5,7,9,16H,6,8,10-11H2,(H,15,18). The molecule has 7 nitrogen and oxygen atoms in total. The van der Waals surface area contributed by atoms with E-state index in [9.17, 15) is 13.2 Å². The van der Waals surface area contributed by atoms with Gasteiger partial charge in [0.05, 0.1) is 12.2 Å². The van der Waals surface area contributed by atoms with Crippen LogP contribution in [-0.4, -0.2) is 32.6 Å². The van der Waals surface area contributed by atoms with E-state index in [4.69, 9.17) is 0 Å². The molecule has 0 saturated heterocycles. The van der Waals surface area contributed by atoms with Gasteiger partial charge in [-0.2, -0.15) is 0 Å². The SMILES string of the molecule is O=C(CNS(=O)(=O)Cc1ccon1)NCCc1ccccc1. The van der Waals surface area contributed by atoms with Gasteiger partial charge >= 0.3 is 0 Å². The number of carbonyl (C=O) groups excluding carboxylic acids is 1. The molecule has 0 bridgehead atoms. The van der Waals surface area contributed by atoms with E-state index in [1.165, 1.54) is 12.3 Å². The third-order valence-electron chi connectivity index (χ3n) is 2.86. The van der Waals surface area contributed by atoms with Crippen LogP contribution in [-0.2, 0) is 27.0 Å². The zero-order chi connectivity index (χ0) is 15.8. The van der Waals surface area contributed by atoms with Crippen LogP contribution in [0.5, 0.6) is 0 Å². The zero-order valence-corrected chi connectivity index (χ0v) is 12.7. The van der Waals surface area contributed by atoms with Gasteiger partial charge in [-0.3, -0.25) is 4.79 Å². The fraction of sp³-hybridized carbons (Fsp3) is 0.286. The molecule has 1 amide bonds. The minimum atomic E-state index is -3.61. The maximum absolute atomic E-state index is 11.7. The van der Waals surface area contributed by atoms with Crippen molar-refractivity contribution in [2.75, 3.05) is 13.1 Å². The molecule has 1 aromatic carbocycles. The van der Waals surface area contributed by atoms with E-state index in [1.54, 1.807) is 0 Å². The highest BCUT2D eigenvalue weighted by Crippen LogP contribution is 2.01. The lowest BCUT2D eigenvalue weighted by Crippen LogP contribution is -2.38. The van der Waals surface area contributed by atoms with Crippen molar-refractivity contribution in [1.82, 2.24) is 15.2 Å². The number of rotatable bonds is 8. The summed E-state index contributed by atoms with van der Waals surface area (Å²) < 4.78 is 30.2. The van der Waals surface area contributed by atoms with Gasteiger partial charge in [-0.25, -0.2) is 13.1 Å². The Morgan fingerprint density at radius 3 is 2.64 bits per heavy atom. The average Bonchev–Trinajstić information content (AvgIpc) is 2.99. The zero-order valence-electron chi connectivity index (χ0n) is 11.9. The predicted octanol–water partition coefficient (Wildman–Crippen LogP) is 0.453. The second kappa shape index (κ2) is 7.71. The van der Waals surface area contributed by atoms with Crippen molar-refractivity contribution in [3.8, 4) is 0 Å². The first-order chi connectivity index (χ1) is 10.6. The summed E-state index contributed by atoms with van der Waals surface area (Å²) >= 11 is 0. The lowest BCUT2D eigenvalue weighted by molar-refractivity contribution is -0.119. The van der Waals surface area contributed by atoms with Gasteiger partial charge in [-0.15, -0.1) is 0 Å². The van der Waals surface area contributed by atoms with Crippen molar-refractivity contribution in [3.05, 3.63) is 53.9 Å². The summed E-state index contributed by atoms with van der Waals surface area (Å²) in [5.74, 6) is -0.694. The molecule has 22 heavy (non-hydrogen) atoms. The molecule has 2 aromatic rings. The Morgan fingerprint density at radius 1 is 1.18 bits per heavy atom. The number of nitrogens with zero attached hydrogens (tertiary/aromatic N) is 1. The Hall–Kier alpha value is -2.19. The summed E-state index contributed by atoms with van der Waals surface area (Å²) in [6.45, 7) is 0.156. The summed E-state index contributed by atoms with van der Waals surface area (Å²) in [7, 11) is -3.61. The molecule has 2 N–H and O–H groups in total. The van der Waals surface area contributed by atoms with Crippen molar-refractivity contribution >= 4 is 15.9 Å². The first-order valence-electron chi connectivity index (χ1n) is 6.72. The molecule has 0 aliphatic carbocycles. The molecule has 0 spiro atoms. The lowest BCUT2D eigenvalue weighted by atomic mass is 10.1. The predicted molar refractivity (Wildman–Crippen MR) is 80.3 cm³/mol. The normalized spacial score (nSPS) is 11.3. The second-order valence-corrected chi connectivity index (χ2v) is 6.46. The summed E-state index contributed by atoms with van der Waals surface area (Å²) in [6, 6.07) is 11.2. The molecule has 0 aliphatic heterocycles. The number of carbonyl (C=O) groups is 1. The molecule has 0 unspecified atom stereocenters. The number of hydrogen-bond acceptors (Lipinski definition) is 5. The van der Waals surface area contributed by atoms with Crippen LogP contribution in [0.4, 0.5) is 0 Å². The molecular weight excluding hydrogens is 306 g/mol. The molecule has 0 atom stereocenters. The molecule has 2 rings (SSSR count). The number of amides is 1. The molecule has 1 heterocycles. The van der Waals surface area contributed by atoms with E-state index >= 15 is 0 Å². The van der Waals surface area contributed by atoms with Crippen molar-refractivity contribution < 1.29 is 17.7 Å². The first-order valence-corrected chi connectivity index (χ1v) is 8.37. The van der Waals surface area contributed by atoms with E-state index in [1.807, 2.05) is 30.3 Å². The van der Waals surface area contributed by atoms with E-state index in [0.29, 0.717) is 13.0 Å². The van der Waals surface area contributed by atoms with Gasteiger partial charge in [-0.05, 0) is 12.0 Å². The van der Waals surface area contributed by atoms with Crippen LogP contribution < -0.4 is 10.0 Å². The highest BCUT2D eigenvalue weighted by Gasteiger charge is 2.14. The van der Waals surface area contributed by atoms with Gasteiger partial charge in [0, 0.05) is 12.6 Å². The molecule has 0 saturated carbocycles. The van der Waals surface area contributed by atoms with Crippen LogP contribution in [0.2, 0.25) is 0 Å². The van der Waals surface area contributed by atoms with Crippen LogP contribution in [0.15, 0.2) is 47.2 Å². The summed E-state index contributed by atoms with van der Waals surface area (Å²) in [5.41, 5.74) is 1.39. The Labute approximate surface area is 128 Å². The topological polar surface area (TPSA) is 101 Å². The lowest BCUT2D eigenvalue weighted by Gasteiger charge is -2.07. The van der Waals surface area contributed by atoms with Crippen LogP contribution in [0.1, 0.15) is 11.3 Å². The van der Waals surface area contributed by atoms with Gasteiger partial charge < -0.3 is 9.84 Å². The number of hydrogen-bond donors (Lipinski definition) is 2. The molecule has 0 aliphatic rings. The first kappa shape index (κ1) is 16.2. The minimum Gasteiger partial charge on any atom is -0.364 e. The fourth-order valence-corrected chi connectivity index (χ4v) is 2.78.